The molecule has 0 atom stereocenters. The highest BCUT2D eigenvalue weighted by Crippen LogP contribution is 2.26. The zero-order valence-electron chi connectivity index (χ0n) is 11.9. The zero-order chi connectivity index (χ0) is 15.2. The summed E-state index contributed by atoms with van der Waals surface area (Å²) < 4.78 is 0. The minimum atomic E-state index is -0.0384. The molecule has 3 N–H and O–H groups in total. The maximum Gasteiger partial charge on any atom is 0.226 e. The molecule has 0 radical (unpaired) electrons. The van der Waals surface area contributed by atoms with Crippen molar-refractivity contribution in [2.75, 3.05) is 11.9 Å². The van der Waals surface area contributed by atoms with Gasteiger partial charge in [0.25, 0.3) is 0 Å². The molecule has 0 unspecified atom stereocenters. The van der Waals surface area contributed by atoms with Crippen LogP contribution < -0.4 is 11.1 Å². The van der Waals surface area contributed by atoms with Crippen LogP contribution >= 0.6 is 22.9 Å². The number of aromatic nitrogens is 1. The standard InChI is InChI=1S/C15H18ClN3OS/c1-10-13(9-11-4-2-5-12(16)8-11)21-15(18-10)19-14(20)6-3-7-17/h2,4-5,8H,3,6-7,9,17H2,1H3,(H,18,19,20). The van der Waals surface area contributed by atoms with E-state index in [0.717, 1.165) is 27.6 Å². The predicted molar refractivity (Wildman–Crippen MR) is 88.0 cm³/mol. The summed E-state index contributed by atoms with van der Waals surface area (Å²) in [5.74, 6) is -0.0384. The lowest BCUT2D eigenvalue weighted by Crippen LogP contribution is -2.13. The number of nitrogens with one attached hydrogen (secondary N) is 1. The molecule has 0 bridgehead atoms. The summed E-state index contributed by atoms with van der Waals surface area (Å²) >= 11 is 7.50. The third-order valence-electron chi connectivity index (χ3n) is 3.00. The lowest BCUT2D eigenvalue weighted by Gasteiger charge is -2.00. The first kappa shape index (κ1) is 15.9. The van der Waals surface area contributed by atoms with Crippen LogP contribution in [-0.4, -0.2) is 17.4 Å². The molecule has 0 aliphatic rings. The summed E-state index contributed by atoms with van der Waals surface area (Å²) in [6.45, 7) is 2.47. The van der Waals surface area contributed by atoms with E-state index in [2.05, 4.69) is 10.3 Å². The molecule has 1 aromatic heterocycles. The zero-order valence-corrected chi connectivity index (χ0v) is 13.4. The quantitative estimate of drug-likeness (QED) is 0.856. The second-order valence-electron chi connectivity index (χ2n) is 4.77. The van der Waals surface area contributed by atoms with Crippen molar-refractivity contribution >= 4 is 34.0 Å². The maximum atomic E-state index is 11.7. The Hall–Kier alpha value is -1.43. The lowest BCUT2D eigenvalue weighted by molar-refractivity contribution is -0.116. The SMILES string of the molecule is Cc1nc(NC(=O)CCCN)sc1Cc1cccc(Cl)c1. The average molecular weight is 324 g/mol. The van der Waals surface area contributed by atoms with Crippen molar-refractivity contribution in [1.82, 2.24) is 4.98 Å². The fraction of sp³-hybridized carbons (Fsp3) is 0.333. The van der Waals surface area contributed by atoms with Gasteiger partial charge < -0.3 is 11.1 Å². The Labute approximate surface area is 133 Å². The van der Waals surface area contributed by atoms with Crippen molar-refractivity contribution in [1.29, 1.82) is 0 Å². The van der Waals surface area contributed by atoms with Crippen LogP contribution in [0.15, 0.2) is 24.3 Å². The van der Waals surface area contributed by atoms with Gasteiger partial charge in [0.15, 0.2) is 5.13 Å². The molecule has 112 valence electrons. The number of anilines is 1. The normalized spacial score (nSPS) is 10.6. The van der Waals surface area contributed by atoms with Crippen LogP contribution in [0.25, 0.3) is 0 Å². The fourth-order valence-corrected chi connectivity index (χ4v) is 3.15. The second-order valence-corrected chi connectivity index (χ2v) is 6.29. The molecule has 2 aromatic rings. The van der Waals surface area contributed by atoms with Crippen LogP contribution in [0, 0.1) is 6.92 Å². The highest BCUT2D eigenvalue weighted by molar-refractivity contribution is 7.15. The molecule has 4 nitrogen and oxygen atoms in total. The summed E-state index contributed by atoms with van der Waals surface area (Å²) in [6.07, 6.45) is 1.88. The molecule has 6 heteroatoms. The van der Waals surface area contributed by atoms with Crippen LogP contribution in [0.4, 0.5) is 5.13 Å². The minimum Gasteiger partial charge on any atom is -0.330 e. The van der Waals surface area contributed by atoms with E-state index in [-0.39, 0.29) is 5.91 Å². The van der Waals surface area contributed by atoms with E-state index in [1.54, 1.807) is 0 Å². The third-order valence-corrected chi connectivity index (χ3v) is 4.31. The van der Waals surface area contributed by atoms with Gasteiger partial charge in [0.2, 0.25) is 5.91 Å². The van der Waals surface area contributed by atoms with Crippen molar-refractivity contribution < 1.29 is 4.79 Å². The first-order valence-electron chi connectivity index (χ1n) is 6.79. The third kappa shape index (κ3) is 4.81. The van der Waals surface area contributed by atoms with Crippen molar-refractivity contribution in [3.8, 4) is 0 Å². The number of benzene rings is 1. The number of nitrogens with zero attached hydrogens (tertiary/aromatic N) is 1. The molecule has 0 saturated carbocycles. The van der Waals surface area contributed by atoms with Gasteiger partial charge in [-0.15, -0.1) is 11.3 Å². The molecular weight excluding hydrogens is 306 g/mol. The Morgan fingerprint density at radius 2 is 2.29 bits per heavy atom. The molecule has 1 heterocycles. The number of thiazole rings is 1. The van der Waals surface area contributed by atoms with Gasteiger partial charge in [-0.3, -0.25) is 4.79 Å². The molecule has 0 aliphatic carbocycles. The van der Waals surface area contributed by atoms with Crippen LogP contribution in [-0.2, 0) is 11.2 Å². The molecule has 1 aromatic carbocycles. The molecule has 0 fully saturated rings. The van der Waals surface area contributed by atoms with Crippen LogP contribution in [0.3, 0.4) is 0 Å². The van der Waals surface area contributed by atoms with Crippen LogP contribution in [0.1, 0.15) is 29.0 Å². The van der Waals surface area contributed by atoms with Crippen molar-refractivity contribution in [2.24, 2.45) is 5.73 Å². The number of aryl methyl sites for hydroxylation is 1. The number of hydrogen-bond acceptors (Lipinski definition) is 4. The largest absolute Gasteiger partial charge is 0.330 e. The second kappa shape index (κ2) is 7.54. The highest BCUT2D eigenvalue weighted by atomic mass is 35.5. The number of amides is 1. The number of carbonyl (C=O) groups excluding carboxylic acids is 1. The molecule has 2 rings (SSSR count). The summed E-state index contributed by atoms with van der Waals surface area (Å²) in [7, 11) is 0. The number of nitrogens with two attached hydrogens (primary N) is 1. The van der Waals surface area contributed by atoms with E-state index in [1.807, 2.05) is 31.2 Å². The van der Waals surface area contributed by atoms with E-state index in [4.69, 9.17) is 17.3 Å². The van der Waals surface area contributed by atoms with E-state index in [0.29, 0.717) is 24.5 Å². The Balaban J connectivity index is 2.03. The van der Waals surface area contributed by atoms with Crippen molar-refractivity contribution in [3.05, 3.63) is 45.4 Å². The number of carbonyl (C=O) groups is 1. The minimum absolute atomic E-state index is 0.0384. The Kier molecular flexibility index (Phi) is 5.73. The Bertz CT molecular complexity index is 627. The van der Waals surface area contributed by atoms with Crippen LogP contribution in [0.5, 0.6) is 0 Å². The van der Waals surface area contributed by atoms with Gasteiger partial charge in [0.05, 0.1) is 5.69 Å². The van der Waals surface area contributed by atoms with E-state index in [1.165, 1.54) is 11.3 Å². The molecule has 0 spiro atoms. The van der Waals surface area contributed by atoms with Gasteiger partial charge in [-0.2, -0.15) is 0 Å². The summed E-state index contributed by atoms with van der Waals surface area (Å²) in [4.78, 5) is 17.2. The highest BCUT2D eigenvalue weighted by Gasteiger charge is 2.11. The van der Waals surface area contributed by atoms with Crippen molar-refractivity contribution in [2.45, 2.75) is 26.2 Å². The van der Waals surface area contributed by atoms with Gasteiger partial charge in [-0.05, 0) is 37.6 Å². The van der Waals surface area contributed by atoms with E-state index >= 15 is 0 Å². The summed E-state index contributed by atoms with van der Waals surface area (Å²) in [5, 5.41) is 4.19. The monoisotopic (exact) mass is 323 g/mol. The van der Waals surface area contributed by atoms with E-state index in [9.17, 15) is 4.79 Å². The maximum absolute atomic E-state index is 11.7. The van der Waals surface area contributed by atoms with Gasteiger partial charge in [-0.1, -0.05) is 23.7 Å². The smallest absolute Gasteiger partial charge is 0.226 e. The summed E-state index contributed by atoms with van der Waals surface area (Å²) in [5.41, 5.74) is 7.47. The molecule has 0 aliphatic heterocycles. The Morgan fingerprint density at radius 1 is 1.48 bits per heavy atom. The average Bonchev–Trinajstić information content (AvgIpc) is 2.76. The Morgan fingerprint density at radius 3 is 3.00 bits per heavy atom. The topological polar surface area (TPSA) is 68.0 Å². The van der Waals surface area contributed by atoms with Crippen molar-refractivity contribution in [3.63, 3.8) is 0 Å². The molecule has 1 amide bonds. The fourth-order valence-electron chi connectivity index (χ4n) is 1.92. The molecule has 21 heavy (non-hydrogen) atoms. The first-order chi connectivity index (χ1) is 10.1. The summed E-state index contributed by atoms with van der Waals surface area (Å²) in [6, 6.07) is 7.77. The van der Waals surface area contributed by atoms with Gasteiger partial charge in [0.1, 0.15) is 0 Å². The van der Waals surface area contributed by atoms with Crippen LogP contribution in [0.2, 0.25) is 5.02 Å². The number of hydrogen-bond donors (Lipinski definition) is 2. The molecular formula is C15H18ClN3OS. The molecule has 0 saturated heterocycles. The first-order valence-corrected chi connectivity index (χ1v) is 7.98. The predicted octanol–water partition coefficient (Wildman–Crippen LogP) is 3.37. The van der Waals surface area contributed by atoms with Gasteiger partial charge in [0, 0.05) is 22.7 Å². The van der Waals surface area contributed by atoms with Gasteiger partial charge in [-0.25, -0.2) is 4.98 Å². The van der Waals surface area contributed by atoms with E-state index < -0.39 is 0 Å². The number of halogens is 1. The number of rotatable bonds is 6. The van der Waals surface area contributed by atoms with Gasteiger partial charge >= 0.3 is 0 Å². The lowest BCUT2D eigenvalue weighted by atomic mass is 10.1.